The summed E-state index contributed by atoms with van der Waals surface area (Å²) in [4.78, 5) is 215. The summed E-state index contributed by atoms with van der Waals surface area (Å²) in [7, 11) is 0. The van der Waals surface area contributed by atoms with Gasteiger partial charge in [-0.1, -0.05) is 31.6 Å². The standard InChI is InChI=1S/C15H19NO7.C13H13NO6.C11H9NO6.C9H15ClN2O4.C9H17NO4.C9H15NO4.C9H14O5.C6H5NO3.2CH4.ClH.HNO2.2Na/c1-3-21-14(17)9-13(10-15(18)22-4-2)23-12-7-5-11(6-8-12)16(19)20;1-2-19-13(16)7-9-6-11(15)10-5-8(14(17)18)3-4-12(10)20-9;13-9-4-7(5-11(14)15)18-10-2-1-6(12(16)17)3-8(9)10;1-3-15-8(13)5-7(11-12-10)6-9(14)16-4-2;3*1-3-13-8(11)5-7(10)6-9(12)14-4-2;8-6-3-1-5(2-4-6)7(9)10;;;;2-1-3;;/h5-8,13H,3-4,9-10H2,1-2H3;3-5,9H,2,6-7H2,1H3;1-3,7H,4-5H2,(H,14,15);7H,3-6H2,1-2H3;7H,3-6,10H2,1-2H3;5H,3-4,6,10H2,1-2H3;3-6H2,1-2H3;1-4,8H;2*1H4;1H;(H,2,3);;/q;;;;;;;;;;;;2*+1/p-2/b;;;;;7-5+;;;;;;;;. The summed E-state index contributed by atoms with van der Waals surface area (Å²) in [5.74, 6) is -6.90. The molecule has 2 heterocycles. The van der Waals surface area contributed by atoms with Gasteiger partial charge in [0.05, 0.1) is 179 Å². The number of nitrogens with zero attached hydrogens (tertiary/aromatic N) is 7. The van der Waals surface area contributed by atoms with Gasteiger partial charge in [0.1, 0.15) is 48.4 Å². The van der Waals surface area contributed by atoms with Crippen molar-refractivity contribution in [1.82, 2.24) is 0 Å². The first-order valence-electron chi connectivity index (χ1n) is 39.9. The van der Waals surface area contributed by atoms with E-state index in [0.717, 1.165) is 29.6 Å². The Morgan fingerprint density at radius 1 is 0.460 bits per heavy atom. The molecule has 2 atom stereocenters. The molecule has 0 radical (unpaired) electrons. The van der Waals surface area contributed by atoms with E-state index in [9.17, 15) is 117 Å². The van der Waals surface area contributed by atoms with Gasteiger partial charge in [0.25, 0.3) is 22.7 Å². The van der Waals surface area contributed by atoms with E-state index in [4.69, 9.17) is 76.4 Å². The van der Waals surface area contributed by atoms with Crippen molar-refractivity contribution < 1.29 is 227 Å². The third-order valence-corrected chi connectivity index (χ3v) is 15.0. The van der Waals surface area contributed by atoms with Gasteiger partial charge in [0.2, 0.25) is 0 Å². The minimum atomic E-state index is -1.06. The molecule has 2 aliphatic rings. The van der Waals surface area contributed by atoms with E-state index in [1.54, 1.807) is 76.2 Å². The van der Waals surface area contributed by atoms with Crippen LogP contribution in [-0.4, -0.2) is 217 Å². The molecule has 0 bridgehead atoms. The van der Waals surface area contributed by atoms with Gasteiger partial charge in [-0.15, -0.1) is 23.5 Å². The molecule has 0 fully saturated rings. The summed E-state index contributed by atoms with van der Waals surface area (Å²) in [6.07, 6.45) is -2.41. The van der Waals surface area contributed by atoms with Crippen LogP contribution in [0, 0.1) is 50.6 Å². The molecule has 0 aliphatic carbocycles. The number of hydrogen-bond acceptors (Lipinski definition) is 45. The minimum Gasteiger partial charge on any atom is -0.872 e. The van der Waals surface area contributed by atoms with E-state index in [2.05, 4.69) is 38.2 Å². The topological polar surface area (TPSA) is 730 Å². The fraction of sp³-hybridized carbons (Fsp3) is 0.506. The molecule has 0 spiro atoms. The number of carboxylic acids is 1. The second-order valence-corrected chi connectivity index (χ2v) is 25.3. The molecule has 754 valence electrons. The normalized spacial score (nSPS) is 11.6. The van der Waals surface area contributed by atoms with Gasteiger partial charge in [0.15, 0.2) is 17.3 Å². The van der Waals surface area contributed by atoms with E-state index in [1.807, 2.05) is 0 Å². The first-order valence-corrected chi connectivity index (χ1v) is 40.3. The maximum absolute atomic E-state index is 12.0. The molecular weight excluding hydrogens is 1900 g/mol. The van der Waals surface area contributed by atoms with Gasteiger partial charge in [-0.2, -0.15) is 5.11 Å². The van der Waals surface area contributed by atoms with Crippen molar-refractivity contribution in [2.45, 2.75) is 205 Å². The van der Waals surface area contributed by atoms with Gasteiger partial charge < -0.3 is 98.1 Å². The number of carboxylic acid groups (broad SMARTS) is 1. The molecule has 0 aromatic heterocycles. The number of fused-ring (bicyclic) bond motifs is 2. The Balaban J connectivity index is -0.000000231. The number of aliphatic carboxylic acids is 1. The SMILES string of the molecule is C.C.CCOC(=O)/C=C(/N)CC(=O)OCC.CCOC(=O)CC(=O)CC(=O)OCC.CCOC(=O)CC(CC(=O)OCC)N=NCl.CCOC(=O)CC(CC(=O)OCC)Oc1ccc([N+](=O)[O-])cc1.CCOC(=O)CC(N)CC(=O)OCC.CCOC(=O)CC1CC(=O)c2cc([N+](=O)[O-])ccc2O1.Cl.O=C(O)CC1CC(=O)c2cc([N+](=O)[O-])ccc2O1.O=N[O-].O=[N+]([O-])c1ccc([O-])cc1.[Na+].[Na+]. The van der Waals surface area contributed by atoms with E-state index >= 15 is 0 Å². The van der Waals surface area contributed by atoms with Gasteiger partial charge in [0, 0.05) is 79.2 Å². The van der Waals surface area contributed by atoms with Crippen LogP contribution in [0.2, 0.25) is 0 Å². The van der Waals surface area contributed by atoms with Crippen molar-refractivity contribution >= 4 is 136 Å². The van der Waals surface area contributed by atoms with Crippen molar-refractivity contribution in [2.75, 3.05) is 72.7 Å². The molecule has 5 N–H and O–H groups in total. The number of nitro benzene ring substituents is 4. The zero-order chi connectivity index (χ0) is 101. The Morgan fingerprint density at radius 2 is 0.752 bits per heavy atom. The number of hydrogen-bond donors (Lipinski definition) is 3. The Bertz CT molecular complexity index is 4390. The maximum Gasteiger partial charge on any atom is 1.00 e. The number of ether oxygens (including phenoxy) is 14. The summed E-state index contributed by atoms with van der Waals surface area (Å²) >= 11 is 5.07. The smallest absolute Gasteiger partial charge is 0.872 e. The van der Waals surface area contributed by atoms with E-state index < -0.39 is 116 Å². The second kappa shape index (κ2) is 84.0. The van der Waals surface area contributed by atoms with Crippen molar-refractivity contribution in [3.63, 3.8) is 0 Å². The molecule has 6 rings (SSSR count). The Morgan fingerprint density at radius 3 is 1.07 bits per heavy atom. The third-order valence-electron chi connectivity index (χ3n) is 14.9. The molecule has 2 aliphatic heterocycles. The van der Waals surface area contributed by atoms with Crippen LogP contribution in [-0.2, 0) is 114 Å². The van der Waals surface area contributed by atoms with Crippen LogP contribution in [0.25, 0.3) is 0 Å². The number of esters is 11. The van der Waals surface area contributed by atoms with Gasteiger partial charge >= 0.3 is 131 Å². The molecule has 54 heteroatoms. The number of rotatable bonds is 41. The fourth-order valence-electron chi connectivity index (χ4n) is 9.74. The summed E-state index contributed by atoms with van der Waals surface area (Å²) in [6, 6.07) is 16.4. The largest absolute Gasteiger partial charge is 1.00 e. The molecule has 2 unspecified atom stereocenters. The molecule has 50 nitrogen and oxygen atoms in total. The van der Waals surface area contributed by atoms with E-state index in [0.29, 0.717) is 25.6 Å². The summed E-state index contributed by atoms with van der Waals surface area (Å²) in [5.41, 5.74) is 10.9. The number of benzene rings is 4. The van der Waals surface area contributed by atoms with Crippen molar-refractivity contribution in [3.8, 4) is 23.0 Å². The Hall–Kier alpha value is -12.6. The van der Waals surface area contributed by atoms with Crippen molar-refractivity contribution in [3.05, 3.63) is 158 Å². The van der Waals surface area contributed by atoms with Crippen LogP contribution in [0.3, 0.4) is 0 Å². The first kappa shape index (κ1) is 140. The van der Waals surface area contributed by atoms with Crippen LogP contribution >= 0.6 is 24.2 Å². The van der Waals surface area contributed by atoms with Crippen LogP contribution in [0.5, 0.6) is 23.0 Å². The van der Waals surface area contributed by atoms with Gasteiger partial charge in [-0.25, -0.2) is 4.79 Å². The molecule has 0 saturated carbocycles. The predicted molar refractivity (Wildman–Crippen MR) is 474 cm³/mol. The zero-order valence-corrected chi connectivity index (χ0v) is 81.9. The minimum absolute atomic E-state index is 0. The summed E-state index contributed by atoms with van der Waals surface area (Å²) in [6.45, 7) is 21.5. The van der Waals surface area contributed by atoms with Crippen molar-refractivity contribution in [2.24, 2.45) is 26.6 Å². The quantitative estimate of drug-likeness (QED) is 0.00602. The molecule has 4 aromatic carbocycles. The molecule has 137 heavy (non-hydrogen) atoms. The Labute approximate surface area is 843 Å². The zero-order valence-electron chi connectivity index (χ0n) is 76.4. The molecule has 0 saturated heterocycles. The molecule has 4 aromatic rings. The molecular formula is C83H115Cl2N9Na2O41. The number of nitrogens with two attached hydrogens (primary N) is 2. The average Bonchev–Trinajstić information content (AvgIpc) is 0.802. The number of Topliss-reactive ketones (excluding diaryl/α,β-unsaturated/α-hetero) is 3. The number of non-ortho nitro benzene ring substituents is 4. The monoisotopic (exact) mass is 2010 g/mol. The van der Waals surface area contributed by atoms with Gasteiger partial charge in [-0.05, 0) is 100 Å². The maximum atomic E-state index is 12.0. The molecule has 0 amide bonds. The first-order chi connectivity index (χ1) is 62.5. The number of carbonyl (C=O) groups is 15. The predicted octanol–water partition coefficient (Wildman–Crippen LogP) is 5.05. The third kappa shape index (κ3) is 69.8. The van der Waals surface area contributed by atoms with Crippen LogP contribution in [0.1, 0.15) is 195 Å². The summed E-state index contributed by atoms with van der Waals surface area (Å²) in [5, 5.41) is 73.5. The Kier molecular flexibility index (Phi) is 85.7. The van der Waals surface area contributed by atoms with E-state index in [1.165, 1.54) is 66.7 Å². The summed E-state index contributed by atoms with van der Waals surface area (Å²) < 4.78 is 71.1. The average molecular weight is 2010 g/mol. The number of halogens is 2. The van der Waals surface area contributed by atoms with Crippen LogP contribution in [0.4, 0.5) is 22.7 Å². The van der Waals surface area contributed by atoms with Crippen LogP contribution in [0.15, 0.2) is 112 Å². The van der Waals surface area contributed by atoms with E-state index in [-0.39, 0.29) is 303 Å². The number of nitro groups is 4. The fourth-order valence-corrected chi connectivity index (χ4v) is 9.86. The van der Waals surface area contributed by atoms with Gasteiger partial charge in [-0.3, -0.25) is 108 Å². The number of carbonyl (C=O) groups excluding carboxylic acids is 14. The number of ketones is 3. The van der Waals surface area contributed by atoms with Crippen LogP contribution < -0.4 is 89.9 Å². The second-order valence-electron chi connectivity index (χ2n) is 25.1. The van der Waals surface area contributed by atoms with Crippen molar-refractivity contribution in [1.29, 1.82) is 0 Å².